The first-order chi connectivity index (χ1) is 17.7. The summed E-state index contributed by atoms with van der Waals surface area (Å²) in [5, 5.41) is 0. The van der Waals surface area contributed by atoms with E-state index in [9.17, 15) is 21.4 Å². The van der Waals surface area contributed by atoms with Crippen molar-refractivity contribution in [3.63, 3.8) is 0 Å². The van der Waals surface area contributed by atoms with Crippen molar-refractivity contribution < 1.29 is 21.4 Å². The Morgan fingerprint density at radius 1 is 0.919 bits per heavy atom. The molecule has 0 aliphatic carbocycles. The Bertz CT molecular complexity index is 1140. The fraction of sp³-hybridized carbons (Fsp3) is 0.571. The van der Waals surface area contributed by atoms with Crippen LogP contribution in [0.4, 0.5) is 8.78 Å². The largest absolute Gasteiger partial charge is 0.303 e. The van der Waals surface area contributed by atoms with Gasteiger partial charge in [-0.2, -0.15) is 0 Å². The van der Waals surface area contributed by atoms with Gasteiger partial charge in [0.25, 0.3) is 0 Å². The van der Waals surface area contributed by atoms with E-state index in [1.54, 1.807) is 10.6 Å². The molecule has 2 heterocycles. The van der Waals surface area contributed by atoms with Gasteiger partial charge in [-0.25, -0.2) is 21.5 Å². The number of sulfonamides is 1. The quantitative estimate of drug-likeness (QED) is 0.410. The van der Waals surface area contributed by atoms with Crippen LogP contribution in [0.3, 0.4) is 0 Å². The Hall–Kier alpha value is -1.68. The fourth-order valence-corrected chi connectivity index (χ4v) is 7.82. The van der Waals surface area contributed by atoms with Gasteiger partial charge in [0.2, 0.25) is 10.0 Å². The molecule has 2 fully saturated rings. The summed E-state index contributed by atoms with van der Waals surface area (Å²) in [5.41, 5.74) is 1.54. The fourth-order valence-electron chi connectivity index (χ4n) is 5.59. The summed E-state index contributed by atoms with van der Waals surface area (Å²) in [4.78, 5) is 3.09. The van der Waals surface area contributed by atoms with Crippen LogP contribution in [0.15, 0.2) is 47.4 Å². The van der Waals surface area contributed by atoms with Crippen LogP contribution in [-0.2, 0) is 20.8 Å². The van der Waals surface area contributed by atoms with E-state index in [4.69, 9.17) is 0 Å². The lowest BCUT2D eigenvalue weighted by Crippen LogP contribution is -2.39. The Labute approximate surface area is 222 Å². The third-order valence-electron chi connectivity index (χ3n) is 7.84. The summed E-state index contributed by atoms with van der Waals surface area (Å²) < 4.78 is 67.0. The van der Waals surface area contributed by atoms with Crippen molar-refractivity contribution in [3.8, 4) is 0 Å². The molecule has 0 aromatic heterocycles. The second-order valence-corrected chi connectivity index (χ2v) is 13.9. The molecule has 5 nitrogen and oxygen atoms in total. The van der Waals surface area contributed by atoms with Gasteiger partial charge in [0, 0.05) is 47.0 Å². The van der Waals surface area contributed by atoms with Gasteiger partial charge < -0.3 is 4.90 Å². The number of rotatable bonds is 10. The molecule has 2 saturated heterocycles. The maximum atomic E-state index is 14.1. The minimum Gasteiger partial charge on any atom is -0.303 e. The predicted octanol–water partition coefficient (Wildman–Crippen LogP) is 5.14. The average molecular weight is 553 g/mol. The van der Waals surface area contributed by atoms with Gasteiger partial charge in [-0.15, -0.1) is 0 Å². The van der Waals surface area contributed by atoms with Gasteiger partial charge in [-0.05, 0) is 99.5 Å². The second-order valence-electron chi connectivity index (χ2n) is 10.4. The van der Waals surface area contributed by atoms with Crippen molar-refractivity contribution in [3.05, 3.63) is 65.2 Å². The molecule has 0 spiro atoms. The summed E-state index contributed by atoms with van der Waals surface area (Å²) in [6.45, 7) is 3.90. The molecule has 37 heavy (non-hydrogen) atoms. The molecule has 2 aromatic rings. The van der Waals surface area contributed by atoms with E-state index in [1.165, 1.54) is 12.1 Å². The summed E-state index contributed by atoms with van der Waals surface area (Å²) in [6.07, 6.45) is 8.00. The summed E-state index contributed by atoms with van der Waals surface area (Å²) in [5.74, 6) is -0.717. The molecule has 2 aliphatic heterocycles. The summed E-state index contributed by atoms with van der Waals surface area (Å²) in [6, 6.07) is 11.1. The molecular formula is C28H38F2N2O3S2. The van der Waals surface area contributed by atoms with Crippen molar-refractivity contribution in [2.75, 3.05) is 44.7 Å². The van der Waals surface area contributed by atoms with Crippen LogP contribution in [0.2, 0.25) is 0 Å². The molecule has 0 saturated carbocycles. The van der Waals surface area contributed by atoms with E-state index in [0.717, 1.165) is 68.3 Å². The highest BCUT2D eigenvalue weighted by Crippen LogP contribution is 2.31. The van der Waals surface area contributed by atoms with Crippen LogP contribution in [0.5, 0.6) is 0 Å². The van der Waals surface area contributed by atoms with Gasteiger partial charge >= 0.3 is 0 Å². The van der Waals surface area contributed by atoms with Crippen molar-refractivity contribution in [2.45, 2.75) is 55.8 Å². The van der Waals surface area contributed by atoms with Crippen molar-refractivity contribution in [1.82, 2.24) is 9.21 Å². The van der Waals surface area contributed by atoms with Crippen molar-refractivity contribution >= 4 is 20.8 Å². The smallest absolute Gasteiger partial charge is 0.214 e. The van der Waals surface area contributed by atoms with Crippen LogP contribution >= 0.6 is 0 Å². The van der Waals surface area contributed by atoms with E-state index in [-0.39, 0.29) is 11.7 Å². The van der Waals surface area contributed by atoms with Crippen LogP contribution in [0.25, 0.3) is 0 Å². The molecule has 0 N–H and O–H groups in total. The lowest BCUT2D eigenvalue weighted by molar-refractivity contribution is 0.178. The SMILES string of the molecule is CS(=O)c1ccc(C(CCN2CCC(CCS(=O)(=O)N3CCCCC3)CC2)c2cc(F)cc(F)c2)cc1. The van der Waals surface area contributed by atoms with Crippen LogP contribution in [0.1, 0.15) is 62.0 Å². The predicted molar refractivity (Wildman–Crippen MR) is 145 cm³/mol. The summed E-state index contributed by atoms with van der Waals surface area (Å²) in [7, 11) is -4.25. The number of hydrogen-bond acceptors (Lipinski definition) is 4. The van der Waals surface area contributed by atoms with Gasteiger partial charge in [-0.3, -0.25) is 4.21 Å². The third-order valence-corrected chi connectivity index (χ3v) is 10.7. The highest BCUT2D eigenvalue weighted by atomic mass is 32.2. The number of halogens is 2. The maximum absolute atomic E-state index is 14.1. The standard InChI is InChI=1S/C28H38F2N2O3S2/c1-36(33)27-7-5-23(6-8-27)28(24-19-25(29)21-26(30)20-24)11-17-31-15-9-22(10-16-31)12-18-37(34,35)32-13-3-2-4-14-32/h5-8,19-22,28H,2-4,9-18H2,1H3. The first-order valence-electron chi connectivity index (χ1n) is 13.3. The molecule has 9 heteroatoms. The van der Waals surface area contributed by atoms with E-state index in [2.05, 4.69) is 4.90 Å². The minimum absolute atomic E-state index is 0.183. The first-order valence-corrected chi connectivity index (χ1v) is 16.5. The van der Waals surface area contributed by atoms with E-state index < -0.39 is 32.5 Å². The molecule has 0 radical (unpaired) electrons. The zero-order chi connectivity index (χ0) is 26.4. The van der Waals surface area contributed by atoms with E-state index >= 15 is 0 Å². The molecular weight excluding hydrogens is 514 g/mol. The number of likely N-dealkylation sites (tertiary alicyclic amines) is 1. The monoisotopic (exact) mass is 552 g/mol. The number of hydrogen-bond donors (Lipinski definition) is 0. The second kappa shape index (κ2) is 12.9. The van der Waals surface area contributed by atoms with Crippen molar-refractivity contribution in [1.29, 1.82) is 0 Å². The normalized spacial score (nSPS) is 20.1. The number of benzene rings is 2. The first kappa shape index (κ1) is 28.3. The van der Waals surface area contributed by atoms with Gasteiger partial charge in [0.15, 0.2) is 0 Å². The molecule has 2 unspecified atom stereocenters. The molecule has 2 aliphatic rings. The molecule has 2 atom stereocenters. The summed E-state index contributed by atoms with van der Waals surface area (Å²) >= 11 is 0. The average Bonchev–Trinajstić information content (AvgIpc) is 2.88. The van der Waals surface area contributed by atoms with E-state index in [0.29, 0.717) is 37.4 Å². The van der Waals surface area contributed by atoms with Gasteiger partial charge in [0.05, 0.1) is 5.75 Å². The highest BCUT2D eigenvalue weighted by Gasteiger charge is 2.27. The minimum atomic E-state index is -3.16. The van der Waals surface area contributed by atoms with Gasteiger partial charge in [-0.1, -0.05) is 18.6 Å². The number of piperidine rings is 2. The van der Waals surface area contributed by atoms with Crippen LogP contribution < -0.4 is 0 Å². The molecule has 0 amide bonds. The Morgan fingerprint density at radius 3 is 2.14 bits per heavy atom. The Kier molecular flexibility index (Phi) is 9.89. The van der Waals surface area contributed by atoms with Crippen LogP contribution in [-0.4, -0.2) is 66.6 Å². The maximum Gasteiger partial charge on any atom is 0.214 e. The topological polar surface area (TPSA) is 57.7 Å². The molecule has 2 aromatic carbocycles. The zero-order valence-electron chi connectivity index (χ0n) is 21.6. The highest BCUT2D eigenvalue weighted by molar-refractivity contribution is 7.89. The Morgan fingerprint density at radius 2 is 1.54 bits per heavy atom. The Balaban J connectivity index is 1.34. The molecule has 0 bridgehead atoms. The third kappa shape index (κ3) is 7.91. The lowest BCUT2D eigenvalue weighted by Gasteiger charge is -2.33. The molecule has 204 valence electrons. The number of nitrogens with zero attached hydrogens (tertiary/aromatic N) is 2. The van der Waals surface area contributed by atoms with Gasteiger partial charge in [0.1, 0.15) is 11.6 Å². The zero-order valence-corrected chi connectivity index (χ0v) is 23.2. The molecule has 4 rings (SSSR count). The van der Waals surface area contributed by atoms with Crippen molar-refractivity contribution in [2.24, 2.45) is 5.92 Å². The lowest BCUT2D eigenvalue weighted by atomic mass is 9.87. The van der Waals surface area contributed by atoms with E-state index in [1.807, 2.05) is 24.3 Å². The van der Waals surface area contributed by atoms with Crippen LogP contribution in [0, 0.1) is 17.6 Å².